The number of tetrazole rings is 1. The van der Waals surface area contributed by atoms with Crippen LogP contribution in [0.15, 0.2) is 40.9 Å². The summed E-state index contributed by atoms with van der Waals surface area (Å²) in [5.41, 5.74) is 3.22. The molecule has 0 atom stereocenters. The third-order valence-corrected chi connectivity index (χ3v) is 5.80. The second-order valence-electron chi connectivity index (χ2n) is 5.73. The summed E-state index contributed by atoms with van der Waals surface area (Å²) in [6.07, 6.45) is 0. The van der Waals surface area contributed by atoms with E-state index in [-0.39, 0.29) is 5.91 Å². The molecule has 2 heterocycles. The van der Waals surface area contributed by atoms with Crippen LogP contribution in [0.5, 0.6) is 0 Å². The molecule has 8 heteroatoms. The molecule has 1 amide bonds. The molecule has 6 nitrogen and oxygen atoms in total. The van der Waals surface area contributed by atoms with E-state index >= 15 is 0 Å². The quantitative estimate of drug-likeness (QED) is 0.621. The first-order valence-corrected chi connectivity index (χ1v) is 9.67. The number of nitrogens with zero attached hydrogens (tertiary/aromatic N) is 5. The van der Waals surface area contributed by atoms with Gasteiger partial charge in [0.05, 0.1) is 18.0 Å². The normalized spacial score (nSPS) is 10.8. The van der Waals surface area contributed by atoms with Crippen LogP contribution in [-0.2, 0) is 11.3 Å². The van der Waals surface area contributed by atoms with Crippen molar-refractivity contribution in [3.63, 3.8) is 0 Å². The van der Waals surface area contributed by atoms with Gasteiger partial charge < -0.3 is 4.90 Å². The Hall–Kier alpha value is -2.19. The lowest BCUT2D eigenvalue weighted by Crippen LogP contribution is -2.27. The van der Waals surface area contributed by atoms with Gasteiger partial charge in [0, 0.05) is 11.9 Å². The second kappa shape index (κ2) is 7.79. The number of thioether (sulfide) groups is 1. The highest BCUT2D eigenvalue weighted by Gasteiger charge is 2.16. The monoisotopic (exact) mass is 373 g/mol. The van der Waals surface area contributed by atoms with Crippen molar-refractivity contribution in [3.8, 4) is 5.69 Å². The standard InChI is InChI=1S/C17H19N5OS2/c1-12-6-4-5-7-14(12)22-17(18-19-20-22)25-11-16(23)21(3)10-15-13(2)8-9-24-15/h4-9H,10-11H2,1-3H3. The molecule has 1 aromatic carbocycles. The first-order valence-electron chi connectivity index (χ1n) is 7.80. The topological polar surface area (TPSA) is 63.9 Å². The van der Waals surface area contributed by atoms with Crippen LogP contribution in [0.1, 0.15) is 16.0 Å². The molecule has 0 saturated carbocycles. The fourth-order valence-corrected chi connectivity index (χ4v) is 4.11. The molecular formula is C17H19N5OS2. The van der Waals surface area contributed by atoms with Crippen LogP contribution in [0.25, 0.3) is 5.69 Å². The van der Waals surface area contributed by atoms with E-state index in [0.29, 0.717) is 17.5 Å². The Kier molecular flexibility index (Phi) is 5.50. The van der Waals surface area contributed by atoms with Crippen molar-refractivity contribution in [3.05, 3.63) is 51.7 Å². The molecule has 3 rings (SSSR count). The highest BCUT2D eigenvalue weighted by Crippen LogP contribution is 2.22. The number of para-hydroxylation sites is 1. The van der Waals surface area contributed by atoms with Crippen LogP contribution < -0.4 is 0 Å². The lowest BCUT2D eigenvalue weighted by molar-refractivity contribution is -0.127. The Labute approximate surface area is 154 Å². The van der Waals surface area contributed by atoms with E-state index in [0.717, 1.165) is 11.3 Å². The van der Waals surface area contributed by atoms with Gasteiger partial charge in [0.2, 0.25) is 11.1 Å². The van der Waals surface area contributed by atoms with Crippen LogP contribution in [0, 0.1) is 13.8 Å². The maximum absolute atomic E-state index is 12.4. The van der Waals surface area contributed by atoms with E-state index in [1.807, 2.05) is 43.6 Å². The molecular weight excluding hydrogens is 354 g/mol. The number of thiophene rings is 1. The summed E-state index contributed by atoms with van der Waals surface area (Å²) in [7, 11) is 1.83. The van der Waals surface area contributed by atoms with Crippen molar-refractivity contribution in [2.24, 2.45) is 0 Å². The van der Waals surface area contributed by atoms with Crippen molar-refractivity contribution in [1.29, 1.82) is 0 Å². The number of carbonyl (C=O) groups excluding carboxylic acids is 1. The molecule has 25 heavy (non-hydrogen) atoms. The van der Waals surface area contributed by atoms with Gasteiger partial charge in [-0.05, 0) is 52.9 Å². The lowest BCUT2D eigenvalue weighted by atomic mass is 10.2. The summed E-state index contributed by atoms with van der Waals surface area (Å²) in [4.78, 5) is 15.4. The summed E-state index contributed by atoms with van der Waals surface area (Å²) >= 11 is 3.02. The number of rotatable bonds is 6. The molecule has 130 valence electrons. The highest BCUT2D eigenvalue weighted by atomic mass is 32.2. The van der Waals surface area contributed by atoms with E-state index in [4.69, 9.17) is 0 Å². The van der Waals surface area contributed by atoms with E-state index in [9.17, 15) is 4.79 Å². The molecule has 0 saturated heterocycles. The molecule has 0 aliphatic carbocycles. The average molecular weight is 374 g/mol. The molecule has 0 unspecified atom stereocenters. The van der Waals surface area contributed by atoms with Gasteiger partial charge in [0.15, 0.2) is 0 Å². The molecule has 0 radical (unpaired) electrons. The molecule has 3 aromatic rings. The Morgan fingerprint density at radius 1 is 1.24 bits per heavy atom. The lowest BCUT2D eigenvalue weighted by Gasteiger charge is -2.16. The summed E-state index contributed by atoms with van der Waals surface area (Å²) in [5.74, 6) is 0.352. The van der Waals surface area contributed by atoms with Gasteiger partial charge in [-0.3, -0.25) is 4.79 Å². The summed E-state index contributed by atoms with van der Waals surface area (Å²) in [5, 5.41) is 14.5. The summed E-state index contributed by atoms with van der Waals surface area (Å²) in [6, 6.07) is 9.96. The van der Waals surface area contributed by atoms with Crippen molar-refractivity contribution in [2.45, 2.75) is 25.5 Å². The SMILES string of the molecule is Cc1ccccc1-n1nnnc1SCC(=O)N(C)Cc1sccc1C. The van der Waals surface area contributed by atoms with Crippen LogP contribution in [-0.4, -0.2) is 43.8 Å². The largest absolute Gasteiger partial charge is 0.340 e. The number of hydrogen-bond donors (Lipinski definition) is 0. The number of amides is 1. The fraction of sp³-hybridized carbons (Fsp3) is 0.294. The predicted molar refractivity (Wildman–Crippen MR) is 100 cm³/mol. The zero-order valence-corrected chi connectivity index (χ0v) is 16.0. The predicted octanol–water partition coefficient (Wildman–Crippen LogP) is 3.09. The van der Waals surface area contributed by atoms with E-state index in [1.165, 1.54) is 22.2 Å². The average Bonchev–Trinajstić information content (AvgIpc) is 3.22. The van der Waals surface area contributed by atoms with Gasteiger partial charge in [-0.1, -0.05) is 30.0 Å². The maximum atomic E-state index is 12.4. The van der Waals surface area contributed by atoms with Gasteiger partial charge in [-0.2, -0.15) is 4.68 Å². The van der Waals surface area contributed by atoms with Gasteiger partial charge in [-0.25, -0.2) is 0 Å². The Morgan fingerprint density at radius 2 is 2.04 bits per heavy atom. The minimum Gasteiger partial charge on any atom is -0.340 e. The fourth-order valence-electron chi connectivity index (χ4n) is 2.33. The number of aromatic nitrogens is 4. The van der Waals surface area contributed by atoms with Crippen molar-refractivity contribution < 1.29 is 4.79 Å². The minimum atomic E-state index is 0.0529. The molecule has 0 aliphatic heterocycles. The van der Waals surface area contributed by atoms with Gasteiger partial charge in [0.1, 0.15) is 0 Å². The number of benzene rings is 1. The maximum Gasteiger partial charge on any atom is 0.233 e. The molecule has 0 N–H and O–H groups in total. The Morgan fingerprint density at radius 3 is 2.76 bits per heavy atom. The summed E-state index contributed by atoms with van der Waals surface area (Å²) in [6.45, 7) is 4.70. The van der Waals surface area contributed by atoms with Crippen LogP contribution >= 0.6 is 23.1 Å². The highest BCUT2D eigenvalue weighted by molar-refractivity contribution is 7.99. The third-order valence-electron chi connectivity index (χ3n) is 3.88. The number of carbonyl (C=O) groups is 1. The molecule has 0 aliphatic rings. The zero-order valence-electron chi connectivity index (χ0n) is 14.3. The molecule has 2 aromatic heterocycles. The Bertz CT molecular complexity index is 873. The smallest absolute Gasteiger partial charge is 0.233 e. The first-order chi connectivity index (χ1) is 12.1. The molecule has 0 spiro atoms. The second-order valence-corrected chi connectivity index (χ2v) is 7.67. The van der Waals surface area contributed by atoms with Crippen molar-refractivity contribution in [2.75, 3.05) is 12.8 Å². The molecule has 0 fully saturated rings. The van der Waals surface area contributed by atoms with Crippen LogP contribution in [0.3, 0.4) is 0 Å². The van der Waals surface area contributed by atoms with Crippen molar-refractivity contribution >= 4 is 29.0 Å². The van der Waals surface area contributed by atoms with Crippen LogP contribution in [0.2, 0.25) is 0 Å². The van der Waals surface area contributed by atoms with Crippen molar-refractivity contribution in [1.82, 2.24) is 25.1 Å². The number of aryl methyl sites for hydroxylation is 2. The Balaban J connectivity index is 1.64. The van der Waals surface area contributed by atoms with Gasteiger partial charge in [-0.15, -0.1) is 16.4 Å². The summed E-state index contributed by atoms with van der Waals surface area (Å²) < 4.78 is 1.68. The molecule has 0 bridgehead atoms. The van der Waals surface area contributed by atoms with E-state index < -0.39 is 0 Å². The van der Waals surface area contributed by atoms with E-state index in [2.05, 4.69) is 28.5 Å². The van der Waals surface area contributed by atoms with Gasteiger partial charge >= 0.3 is 0 Å². The minimum absolute atomic E-state index is 0.0529. The van der Waals surface area contributed by atoms with E-state index in [1.54, 1.807) is 20.9 Å². The van der Waals surface area contributed by atoms with Crippen LogP contribution in [0.4, 0.5) is 0 Å². The number of hydrogen-bond acceptors (Lipinski definition) is 6. The third kappa shape index (κ3) is 4.08. The van der Waals surface area contributed by atoms with Gasteiger partial charge in [0.25, 0.3) is 0 Å². The first kappa shape index (κ1) is 17.6. The zero-order chi connectivity index (χ0) is 17.8.